The Bertz CT molecular complexity index is 868. The number of sulfone groups is 1. The topological polar surface area (TPSA) is 70.6 Å². The van der Waals surface area contributed by atoms with E-state index in [0.717, 1.165) is 10.6 Å². The molecule has 138 valence electrons. The highest BCUT2D eigenvalue weighted by atomic mass is 32.2. The van der Waals surface area contributed by atoms with Gasteiger partial charge in [0.2, 0.25) is 5.91 Å². The molecular formula is C18H21N3O3S2. The Morgan fingerprint density at radius 3 is 2.73 bits per heavy atom. The van der Waals surface area contributed by atoms with Crippen LogP contribution in [0.15, 0.2) is 41.9 Å². The molecule has 2 aliphatic heterocycles. The number of hydrogen-bond donors (Lipinski definition) is 0. The van der Waals surface area contributed by atoms with Gasteiger partial charge in [-0.1, -0.05) is 12.1 Å². The Hall–Kier alpha value is -1.77. The summed E-state index contributed by atoms with van der Waals surface area (Å²) >= 11 is 1.56. The maximum Gasteiger partial charge on any atom is 0.228 e. The van der Waals surface area contributed by atoms with E-state index in [1.165, 1.54) is 0 Å². The largest absolute Gasteiger partial charge is 0.335 e. The number of carbonyl (C=O) groups is 1. The summed E-state index contributed by atoms with van der Waals surface area (Å²) in [7, 11) is -3.14. The number of fused-ring (bicyclic) bond motifs is 1. The number of piperazine rings is 1. The summed E-state index contributed by atoms with van der Waals surface area (Å²) < 4.78 is 24.6. The molecule has 4 heterocycles. The Morgan fingerprint density at radius 1 is 1.15 bits per heavy atom. The van der Waals surface area contributed by atoms with Crippen LogP contribution in [0.4, 0.5) is 0 Å². The molecule has 2 aromatic heterocycles. The lowest BCUT2D eigenvalue weighted by atomic mass is 10.0. The van der Waals surface area contributed by atoms with E-state index in [1.807, 2.05) is 35.7 Å². The first-order chi connectivity index (χ1) is 12.5. The van der Waals surface area contributed by atoms with E-state index in [2.05, 4.69) is 9.88 Å². The van der Waals surface area contributed by atoms with Gasteiger partial charge in [0.05, 0.1) is 29.7 Å². The van der Waals surface area contributed by atoms with Gasteiger partial charge in [-0.05, 0) is 23.6 Å². The van der Waals surface area contributed by atoms with Crippen LogP contribution in [0.2, 0.25) is 0 Å². The van der Waals surface area contributed by atoms with Gasteiger partial charge < -0.3 is 4.90 Å². The molecule has 0 aromatic carbocycles. The fourth-order valence-corrected chi connectivity index (χ4v) is 6.60. The van der Waals surface area contributed by atoms with Crippen molar-refractivity contribution in [3.63, 3.8) is 0 Å². The van der Waals surface area contributed by atoms with Crippen molar-refractivity contribution in [1.82, 2.24) is 14.8 Å². The van der Waals surface area contributed by atoms with Gasteiger partial charge in [0.15, 0.2) is 9.84 Å². The zero-order valence-electron chi connectivity index (χ0n) is 14.3. The van der Waals surface area contributed by atoms with Gasteiger partial charge in [-0.25, -0.2) is 8.42 Å². The quantitative estimate of drug-likeness (QED) is 0.783. The number of amides is 1. The average Bonchev–Trinajstić information content (AvgIpc) is 3.22. The molecule has 2 atom stereocenters. The zero-order valence-corrected chi connectivity index (χ0v) is 16.0. The first-order valence-corrected chi connectivity index (χ1v) is 11.4. The Labute approximate surface area is 157 Å². The first-order valence-electron chi connectivity index (χ1n) is 8.68. The molecule has 1 amide bonds. The Balaban J connectivity index is 1.53. The molecule has 26 heavy (non-hydrogen) atoms. The van der Waals surface area contributed by atoms with Crippen LogP contribution in [-0.4, -0.2) is 65.8 Å². The molecule has 2 aromatic rings. The number of carbonyl (C=O) groups excluding carboxylic acids is 1. The fourth-order valence-electron chi connectivity index (χ4n) is 3.89. The molecule has 0 aliphatic carbocycles. The Kier molecular flexibility index (Phi) is 4.81. The molecule has 2 saturated heterocycles. The minimum absolute atomic E-state index is 0.0250. The SMILES string of the molecule is O=C(Cc1cccs1)N1CCN(Cc2ccccn2)[C@@H]2CS(=O)(=O)C[C@@H]21. The van der Waals surface area contributed by atoms with E-state index < -0.39 is 9.84 Å². The minimum Gasteiger partial charge on any atom is -0.335 e. The lowest BCUT2D eigenvalue weighted by Crippen LogP contribution is -2.60. The van der Waals surface area contributed by atoms with Crippen molar-refractivity contribution in [2.24, 2.45) is 0 Å². The third-order valence-corrected chi connectivity index (χ3v) is 7.68. The van der Waals surface area contributed by atoms with Gasteiger partial charge in [-0.3, -0.25) is 14.7 Å². The van der Waals surface area contributed by atoms with E-state index in [-0.39, 0.29) is 29.5 Å². The van der Waals surface area contributed by atoms with Crippen molar-refractivity contribution in [1.29, 1.82) is 0 Å². The first kappa shape index (κ1) is 17.6. The minimum atomic E-state index is -3.14. The van der Waals surface area contributed by atoms with Crippen LogP contribution in [0.3, 0.4) is 0 Å². The predicted octanol–water partition coefficient (Wildman–Crippen LogP) is 1.20. The van der Waals surface area contributed by atoms with E-state index in [0.29, 0.717) is 26.1 Å². The summed E-state index contributed by atoms with van der Waals surface area (Å²) in [6.07, 6.45) is 2.10. The molecule has 2 fully saturated rings. The molecule has 4 rings (SSSR count). The van der Waals surface area contributed by atoms with Crippen molar-refractivity contribution in [3.8, 4) is 0 Å². The highest BCUT2D eigenvalue weighted by molar-refractivity contribution is 7.91. The molecule has 0 unspecified atom stereocenters. The molecule has 0 bridgehead atoms. The van der Waals surface area contributed by atoms with Gasteiger partial charge in [-0.15, -0.1) is 11.3 Å². The summed E-state index contributed by atoms with van der Waals surface area (Å²) in [4.78, 5) is 22.1. The van der Waals surface area contributed by atoms with Gasteiger partial charge in [-0.2, -0.15) is 0 Å². The van der Waals surface area contributed by atoms with Gasteiger partial charge in [0, 0.05) is 36.8 Å². The second-order valence-corrected chi connectivity index (χ2v) is 10.0. The van der Waals surface area contributed by atoms with Crippen LogP contribution in [-0.2, 0) is 27.6 Å². The maximum atomic E-state index is 12.8. The molecule has 0 N–H and O–H groups in total. The van der Waals surface area contributed by atoms with Gasteiger partial charge >= 0.3 is 0 Å². The summed E-state index contributed by atoms with van der Waals surface area (Å²) in [6, 6.07) is 9.23. The smallest absolute Gasteiger partial charge is 0.228 e. The number of thiophene rings is 1. The van der Waals surface area contributed by atoms with Crippen LogP contribution in [0.1, 0.15) is 10.6 Å². The third-order valence-electron chi connectivity index (χ3n) is 5.11. The number of aromatic nitrogens is 1. The van der Waals surface area contributed by atoms with Crippen molar-refractivity contribution < 1.29 is 13.2 Å². The summed E-state index contributed by atoms with van der Waals surface area (Å²) in [5, 5.41) is 1.95. The lowest BCUT2D eigenvalue weighted by Gasteiger charge is -2.43. The highest BCUT2D eigenvalue weighted by Gasteiger charge is 2.47. The molecule has 0 saturated carbocycles. The molecule has 2 aliphatic rings. The van der Waals surface area contributed by atoms with E-state index >= 15 is 0 Å². The zero-order chi connectivity index (χ0) is 18.1. The maximum absolute atomic E-state index is 12.8. The van der Waals surface area contributed by atoms with E-state index in [1.54, 1.807) is 22.4 Å². The van der Waals surface area contributed by atoms with E-state index in [9.17, 15) is 13.2 Å². The van der Waals surface area contributed by atoms with Crippen molar-refractivity contribution in [3.05, 3.63) is 52.5 Å². The third kappa shape index (κ3) is 3.67. The molecule has 6 nitrogen and oxygen atoms in total. The summed E-state index contributed by atoms with van der Waals surface area (Å²) in [5.74, 6) is 0.205. The van der Waals surface area contributed by atoms with Gasteiger partial charge in [0.25, 0.3) is 0 Å². The second-order valence-electron chi connectivity index (χ2n) is 6.85. The molecule has 0 radical (unpaired) electrons. The fraction of sp³-hybridized carbons (Fsp3) is 0.444. The number of nitrogens with zero attached hydrogens (tertiary/aromatic N) is 3. The standard InChI is InChI=1S/C18H21N3O3S2/c22-18(10-15-5-3-9-25-15)21-8-7-20(11-14-4-1-2-6-19-14)16-12-26(23,24)13-17(16)21/h1-6,9,16-17H,7-8,10-13H2/t16-,17+/m1/s1. The van der Waals surface area contributed by atoms with Crippen LogP contribution < -0.4 is 0 Å². The molecular weight excluding hydrogens is 370 g/mol. The Morgan fingerprint density at radius 2 is 2.00 bits per heavy atom. The van der Waals surface area contributed by atoms with E-state index in [4.69, 9.17) is 0 Å². The lowest BCUT2D eigenvalue weighted by molar-refractivity contribution is -0.136. The van der Waals surface area contributed by atoms with Crippen LogP contribution in [0.25, 0.3) is 0 Å². The molecule has 0 spiro atoms. The molecule has 8 heteroatoms. The van der Waals surface area contributed by atoms with Gasteiger partial charge in [0.1, 0.15) is 0 Å². The average molecular weight is 392 g/mol. The normalized spacial score (nSPS) is 25.2. The summed E-state index contributed by atoms with van der Waals surface area (Å²) in [5.41, 5.74) is 0.925. The number of pyridine rings is 1. The number of rotatable bonds is 4. The monoisotopic (exact) mass is 391 g/mol. The summed E-state index contributed by atoms with van der Waals surface area (Å²) in [6.45, 7) is 1.85. The predicted molar refractivity (Wildman–Crippen MR) is 101 cm³/mol. The van der Waals surface area contributed by atoms with Crippen molar-refractivity contribution in [2.75, 3.05) is 24.6 Å². The van der Waals surface area contributed by atoms with Crippen LogP contribution in [0, 0.1) is 0 Å². The number of hydrogen-bond acceptors (Lipinski definition) is 6. The van der Waals surface area contributed by atoms with Crippen molar-refractivity contribution >= 4 is 27.1 Å². The van der Waals surface area contributed by atoms with Crippen LogP contribution >= 0.6 is 11.3 Å². The second kappa shape index (κ2) is 7.09. The van der Waals surface area contributed by atoms with Crippen LogP contribution in [0.5, 0.6) is 0 Å². The van der Waals surface area contributed by atoms with Crippen molar-refractivity contribution in [2.45, 2.75) is 25.0 Å². The highest BCUT2D eigenvalue weighted by Crippen LogP contribution is 2.28.